The van der Waals surface area contributed by atoms with E-state index in [0.29, 0.717) is 0 Å². The molecule has 0 aliphatic carbocycles. The van der Waals surface area contributed by atoms with Crippen molar-refractivity contribution in [3.8, 4) is 12.3 Å². The van der Waals surface area contributed by atoms with Gasteiger partial charge in [-0.15, -0.1) is 18.2 Å². The summed E-state index contributed by atoms with van der Waals surface area (Å²) in [5.41, 5.74) is 2.13. The van der Waals surface area contributed by atoms with Crippen molar-refractivity contribution >= 4 is 11.8 Å². The lowest BCUT2D eigenvalue weighted by Gasteiger charge is -2.07. The Balaban J connectivity index is 2.25. The van der Waals surface area contributed by atoms with Crippen LogP contribution in [0.1, 0.15) is 11.1 Å². The summed E-state index contributed by atoms with van der Waals surface area (Å²) in [4.78, 5) is 0. The summed E-state index contributed by atoms with van der Waals surface area (Å²) in [5, 5.41) is 3.31. The molecule has 0 unspecified atom stereocenters. The number of thioether (sulfide) groups is 1. The van der Waals surface area contributed by atoms with Crippen LogP contribution in [-0.4, -0.2) is 18.1 Å². The first kappa shape index (κ1) is 13.1. The summed E-state index contributed by atoms with van der Waals surface area (Å²) >= 11 is 1.74. The van der Waals surface area contributed by atoms with E-state index in [0.717, 1.165) is 35.7 Å². The van der Waals surface area contributed by atoms with Gasteiger partial charge in [-0.2, -0.15) is 0 Å². The van der Waals surface area contributed by atoms with Crippen LogP contribution in [0.3, 0.4) is 0 Å². The van der Waals surface area contributed by atoms with Crippen LogP contribution in [0.2, 0.25) is 0 Å². The molecular weight excluding hydrogens is 221 g/mol. The molecule has 1 aromatic carbocycles. The zero-order valence-electron chi connectivity index (χ0n) is 9.42. The lowest BCUT2D eigenvalue weighted by molar-refractivity contribution is 0.624. The Morgan fingerprint density at radius 3 is 3.00 bits per heavy atom. The first-order valence-corrected chi connectivity index (χ1v) is 6.36. The quantitative estimate of drug-likeness (QED) is 0.603. The molecule has 0 heterocycles. The van der Waals surface area contributed by atoms with E-state index in [1.165, 1.54) is 6.07 Å². The number of aryl methyl sites for hydroxylation is 1. The molecular formula is C13H16FNS. The molecule has 0 saturated carbocycles. The number of hydrogen-bond donors (Lipinski definition) is 1. The van der Waals surface area contributed by atoms with Crippen molar-refractivity contribution in [2.24, 2.45) is 0 Å². The normalized spacial score (nSPS) is 10.1. The largest absolute Gasteiger partial charge is 0.312 e. The summed E-state index contributed by atoms with van der Waals surface area (Å²) < 4.78 is 12.8. The second-order valence-electron chi connectivity index (χ2n) is 3.50. The Labute approximate surface area is 101 Å². The first-order chi connectivity index (χ1) is 7.74. The number of halogens is 1. The van der Waals surface area contributed by atoms with Gasteiger partial charge in [0, 0.05) is 18.8 Å². The fourth-order valence-electron chi connectivity index (χ4n) is 1.36. The Morgan fingerprint density at radius 2 is 2.31 bits per heavy atom. The third kappa shape index (κ3) is 4.69. The molecule has 1 nitrogen and oxygen atoms in total. The van der Waals surface area contributed by atoms with E-state index in [1.54, 1.807) is 17.8 Å². The van der Waals surface area contributed by atoms with Gasteiger partial charge in [-0.1, -0.05) is 12.0 Å². The van der Waals surface area contributed by atoms with Gasteiger partial charge in [0.25, 0.3) is 0 Å². The first-order valence-electron chi connectivity index (χ1n) is 5.21. The maximum atomic E-state index is 12.8. The maximum Gasteiger partial charge on any atom is 0.123 e. The monoisotopic (exact) mass is 237 g/mol. The summed E-state index contributed by atoms with van der Waals surface area (Å²) in [5.74, 6) is 4.18. The number of rotatable bonds is 6. The molecule has 0 radical (unpaired) electrons. The maximum absolute atomic E-state index is 12.8. The standard InChI is InChI=1S/C13H16FNS/c1-3-7-16-8-6-15-10-12-4-5-13(14)9-11(12)2/h1,4-5,9,15H,6-8,10H2,2H3. The van der Waals surface area contributed by atoms with Crippen LogP contribution in [0, 0.1) is 25.1 Å². The lowest BCUT2D eigenvalue weighted by Crippen LogP contribution is -2.17. The number of nitrogens with one attached hydrogen (secondary N) is 1. The highest BCUT2D eigenvalue weighted by molar-refractivity contribution is 7.99. The highest BCUT2D eigenvalue weighted by Gasteiger charge is 1.99. The molecule has 0 aliphatic rings. The van der Waals surface area contributed by atoms with Crippen LogP contribution < -0.4 is 5.32 Å². The van der Waals surface area contributed by atoms with Crippen LogP contribution >= 0.6 is 11.8 Å². The summed E-state index contributed by atoms with van der Waals surface area (Å²) in [7, 11) is 0. The molecule has 1 aromatic rings. The molecule has 1 N–H and O–H groups in total. The van der Waals surface area contributed by atoms with E-state index >= 15 is 0 Å². The average molecular weight is 237 g/mol. The van der Waals surface area contributed by atoms with Gasteiger partial charge >= 0.3 is 0 Å². The lowest BCUT2D eigenvalue weighted by atomic mass is 10.1. The predicted molar refractivity (Wildman–Crippen MR) is 69.0 cm³/mol. The predicted octanol–water partition coefficient (Wildman–Crippen LogP) is 2.59. The molecule has 3 heteroatoms. The fraction of sp³-hybridized carbons (Fsp3) is 0.385. The third-order valence-electron chi connectivity index (χ3n) is 2.23. The van der Waals surface area contributed by atoms with E-state index in [4.69, 9.17) is 6.42 Å². The van der Waals surface area contributed by atoms with Crippen molar-refractivity contribution in [2.75, 3.05) is 18.1 Å². The van der Waals surface area contributed by atoms with Crippen LogP contribution in [0.4, 0.5) is 4.39 Å². The van der Waals surface area contributed by atoms with E-state index in [-0.39, 0.29) is 5.82 Å². The molecule has 1 rings (SSSR count). The van der Waals surface area contributed by atoms with Crippen LogP contribution in [0.25, 0.3) is 0 Å². The van der Waals surface area contributed by atoms with Crippen LogP contribution in [0.5, 0.6) is 0 Å². The molecule has 0 amide bonds. The Kier molecular flexibility index (Phi) is 5.99. The average Bonchev–Trinajstić information content (AvgIpc) is 2.26. The highest BCUT2D eigenvalue weighted by Crippen LogP contribution is 2.09. The van der Waals surface area contributed by atoms with Crippen LogP contribution in [0.15, 0.2) is 18.2 Å². The Bertz CT molecular complexity index is 371. The minimum atomic E-state index is -0.175. The number of hydrogen-bond acceptors (Lipinski definition) is 2. The summed E-state index contributed by atoms with van der Waals surface area (Å²) in [6, 6.07) is 4.88. The second-order valence-corrected chi connectivity index (χ2v) is 4.61. The Hall–Kier alpha value is -0.980. The molecule has 86 valence electrons. The second kappa shape index (κ2) is 7.32. The van der Waals surface area contributed by atoms with Crippen molar-refractivity contribution < 1.29 is 4.39 Å². The molecule has 0 bridgehead atoms. The topological polar surface area (TPSA) is 12.0 Å². The number of benzene rings is 1. The van der Waals surface area contributed by atoms with E-state index < -0.39 is 0 Å². The zero-order valence-corrected chi connectivity index (χ0v) is 10.2. The SMILES string of the molecule is C#CCSCCNCc1ccc(F)cc1C. The van der Waals surface area contributed by atoms with Gasteiger partial charge in [-0.25, -0.2) is 4.39 Å². The smallest absolute Gasteiger partial charge is 0.123 e. The molecule has 0 fully saturated rings. The van der Waals surface area contributed by atoms with E-state index in [9.17, 15) is 4.39 Å². The van der Waals surface area contributed by atoms with Crippen molar-refractivity contribution in [3.63, 3.8) is 0 Å². The molecule has 0 aromatic heterocycles. The van der Waals surface area contributed by atoms with Gasteiger partial charge < -0.3 is 5.32 Å². The van der Waals surface area contributed by atoms with Gasteiger partial charge in [-0.05, 0) is 30.2 Å². The van der Waals surface area contributed by atoms with Gasteiger partial charge in [0.05, 0.1) is 5.75 Å². The fourth-order valence-corrected chi connectivity index (χ4v) is 1.91. The molecule has 0 spiro atoms. The molecule has 0 aliphatic heterocycles. The minimum absolute atomic E-state index is 0.175. The van der Waals surface area contributed by atoms with Gasteiger partial charge in [0.2, 0.25) is 0 Å². The molecule has 0 saturated heterocycles. The van der Waals surface area contributed by atoms with E-state index in [1.807, 2.05) is 13.0 Å². The number of terminal acetylenes is 1. The van der Waals surface area contributed by atoms with Crippen molar-refractivity contribution in [2.45, 2.75) is 13.5 Å². The van der Waals surface area contributed by atoms with Gasteiger partial charge in [0.1, 0.15) is 5.82 Å². The van der Waals surface area contributed by atoms with Crippen molar-refractivity contribution in [1.82, 2.24) is 5.32 Å². The Morgan fingerprint density at radius 1 is 1.50 bits per heavy atom. The minimum Gasteiger partial charge on any atom is -0.312 e. The molecule has 16 heavy (non-hydrogen) atoms. The van der Waals surface area contributed by atoms with Gasteiger partial charge in [-0.3, -0.25) is 0 Å². The highest BCUT2D eigenvalue weighted by atomic mass is 32.2. The van der Waals surface area contributed by atoms with E-state index in [2.05, 4.69) is 11.2 Å². The zero-order chi connectivity index (χ0) is 11.8. The van der Waals surface area contributed by atoms with Gasteiger partial charge in [0.15, 0.2) is 0 Å². The summed E-state index contributed by atoms with van der Waals surface area (Å²) in [6.45, 7) is 3.62. The van der Waals surface area contributed by atoms with Crippen molar-refractivity contribution in [3.05, 3.63) is 35.1 Å². The third-order valence-corrected chi connectivity index (χ3v) is 3.09. The van der Waals surface area contributed by atoms with Crippen LogP contribution in [-0.2, 0) is 6.54 Å². The van der Waals surface area contributed by atoms with Crippen molar-refractivity contribution in [1.29, 1.82) is 0 Å². The molecule has 0 atom stereocenters. The summed E-state index contributed by atoms with van der Waals surface area (Å²) in [6.07, 6.45) is 5.14.